The SMILES string of the molecule is COCCOCCNC(C)CN1CCCCC1. The van der Waals surface area contributed by atoms with E-state index in [-0.39, 0.29) is 0 Å². The number of hydrogen-bond acceptors (Lipinski definition) is 4. The van der Waals surface area contributed by atoms with Crippen molar-refractivity contribution in [3.05, 3.63) is 0 Å². The molecule has 1 fully saturated rings. The quantitative estimate of drug-likeness (QED) is 0.616. The minimum Gasteiger partial charge on any atom is -0.382 e. The van der Waals surface area contributed by atoms with Crippen molar-refractivity contribution in [1.29, 1.82) is 0 Å². The van der Waals surface area contributed by atoms with Crippen LogP contribution >= 0.6 is 0 Å². The first-order valence-electron chi connectivity index (χ1n) is 6.85. The van der Waals surface area contributed by atoms with Gasteiger partial charge in [-0.25, -0.2) is 0 Å². The van der Waals surface area contributed by atoms with Crippen LogP contribution in [0.5, 0.6) is 0 Å². The first kappa shape index (κ1) is 14.9. The van der Waals surface area contributed by atoms with Gasteiger partial charge in [0.25, 0.3) is 0 Å². The van der Waals surface area contributed by atoms with E-state index in [9.17, 15) is 0 Å². The van der Waals surface area contributed by atoms with Gasteiger partial charge in [0.2, 0.25) is 0 Å². The molecule has 4 nitrogen and oxygen atoms in total. The minimum atomic E-state index is 0.555. The van der Waals surface area contributed by atoms with E-state index in [0.29, 0.717) is 19.3 Å². The molecule has 0 amide bonds. The van der Waals surface area contributed by atoms with Gasteiger partial charge in [0, 0.05) is 26.2 Å². The van der Waals surface area contributed by atoms with E-state index in [2.05, 4.69) is 17.1 Å². The molecule has 1 rings (SSSR count). The summed E-state index contributed by atoms with van der Waals surface area (Å²) in [5.74, 6) is 0. The standard InChI is InChI=1S/C13H28N2O2/c1-13(12-15-7-4-3-5-8-15)14-6-9-17-11-10-16-2/h13-14H,3-12H2,1-2H3. The van der Waals surface area contributed by atoms with Crippen molar-refractivity contribution < 1.29 is 9.47 Å². The molecule has 102 valence electrons. The molecule has 0 spiro atoms. The van der Waals surface area contributed by atoms with Gasteiger partial charge in [-0.3, -0.25) is 0 Å². The van der Waals surface area contributed by atoms with Crippen LogP contribution in [0.1, 0.15) is 26.2 Å². The van der Waals surface area contributed by atoms with Gasteiger partial charge in [0.1, 0.15) is 0 Å². The lowest BCUT2D eigenvalue weighted by molar-refractivity contribution is 0.0705. The highest BCUT2D eigenvalue weighted by molar-refractivity contribution is 4.70. The molecule has 0 saturated carbocycles. The predicted molar refractivity (Wildman–Crippen MR) is 70.5 cm³/mol. The molecule has 0 aromatic rings. The van der Waals surface area contributed by atoms with E-state index in [1.807, 2.05) is 0 Å². The zero-order valence-corrected chi connectivity index (χ0v) is 11.4. The van der Waals surface area contributed by atoms with Gasteiger partial charge < -0.3 is 19.7 Å². The van der Waals surface area contributed by atoms with E-state index < -0.39 is 0 Å². The van der Waals surface area contributed by atoms with E-state index in [1.54, 1.807) is 7.11 Å². The van der Waals surface area contributed by atoms with Crippen LogP contribution in [-0.4, -0.2) is 64.1 Å². The fourth-order valence-electron chi connectivity index (χ4n) is 2.22. The third kappa shape index (κ3) is 7.71. The summed E-state index contributed by atoms with van der Waals surface area (Å²) in [6.45, 7) is 9.04. The molecule has 0 bridgehead atoms. The minimum absolute atomic E-state index is 0.555. The summed E-state index contributed by atoms with van der Waals surface area (Å²) in [7, 11) is 1.70. The summed E-state index contributed by atoms with van der Waals surface area (Å²) in [6, 6.07) is 0.555. The maximum atomic E-state index is 5.41. The molecule has 1 heterocycles. The van der Waals surface area contributed by atoms with Gasteiger partial charge in [-0.2, -0.15) is 0 Å². The lowest BCUT2D eigenvalue weighted by Crippen LogP contribution is -2.42. The maximum Gasteiger partial charge on any atom is 0.0700 e. The van der Waals surface area contributed by atoms with Crippen LogP contribution in [0.4, 0.5) is 0 Å². The summed E-state index contributed by atoms with van der Waals surface area (Å²) >= 11 is 0. The molecule has 1 saturated heterocycles. The average molecular weight is 244 g/mol. The smallest absolute Gasteiger partial charge is 0.0700 e. The topological polar surface area (TPSA) is 33.7 Å². The zero-order chi connectivity index (χ0) is 12.3. The van der Waals surface area contributed by atoms with Crippen LogP contribution in [0.2, 0.25) is 0 Å². The van der Waals surface area contributed by atoms with Gasteiger partial charge in [0.15, 0.2) is 0 Å². The fraction of sp³-hybridized carbons (Fsp3) is 1.00. The number of piperidine rings is 1. The molecule has 1 atom stereocenters. The second kappa shape index (κ2) is 9.83. The highest BCUT2D eigenvalue weighted by Gasteiger charge is 2.12. The third-order valence-electron chi connectivity index (χ3n) is 3.15. The Hall–Kier alpha value is -0.160. The molecule has 0 aromatic carbocycles. The maximum absolute atomic E-state index is 5.41. The Morgan fingerprint density at radius 3 is 2.59 bits per heavy atom. The number of nitrogens with one attached hydrogen (secondary N) is 1. The van der Waals surface area contributed by atoms with Crippen molar-refractivity contribution in [2.45, 2.75) is 32.2 Å². The predicted octanol–water partition coefficient (Wildman–Crippen LogP) is 1.11. The summed E-state index contributed by atoms with van der Waals surface area (Å²) in [6.07, 6.45) is 4.14. The molecule has 1 aliphatic rings. The number of rotatable bonds is 9. The number of likely N-dealkylation sites (tertiary alicyclic amines) is 1. The summed E-state index contributed by atoms with van der Waals surface area (Å²) in [5.41, 5.74) is 0. The van der Waals surface area contributed by atoms with Crippen LogP contribution in [0.25, 0.3) is 0 Å². The zero-order valence-electron chi connectivity index (χ0n) is 11.4. The molecule has 0 aliphatic carbocycles. The number of nitrogens with zero attached hydrogens (tertiary/aromatic N) is 1. The molecular formula is C13H28N2O2. The third-order valence-corrected chi connectivity index (χ3v) is 3.15. The lowest BCUT2D eigenvalue weighted by atomic mass is 10.1. The molecule has 17 heavy (non-hydrogen) atoms. The van der Waals surface area contributed by atoms with Crippen LogP contribution in [0.3, 0.4) is 0 Å². The van der Waals surface area contributed by atoms with Crippen molar-refractivity contribution in [3.8, 4) is 0 Å². The van der Waals surface area contributed by atoms with Gasteiger partial charge in [0.05, 0.1) is 19.8 Å². The van der Waals surface area contributed by atoms with E-state index >= 15 is 0 Å². The van der Waals surface area contributed by atoms with Crippen LogP contribution in [0, 0.1) is 0 Å². The molecule has 1 aliphatic heterocycles. The van der Waals surface area contributed by atoms with Crippen molar-refractivity contribution in [1.82, 2.24) is 10.2 Å². The molecule has 1 N–H and O–H groups in total. The lowest BCUT2D eigenvalue weighted by Gasteiger charge is -2.29. The van der Waals surface area contributed by atoms with Crippen LogP contribution < -0.4 is 5.32 Å². The van der Waals surface area contributed by atoms with Crippen LogP contribution in [-0.2, 0) is 9.47 Å². The summed E-state index contributed by atoms with van der Waals surface area (Å²) in [4.78, 5) is 2.56. The second-order valence-electron chi connectivity index (χ2n) is 4.82. The van der Waals surface area contributed by atoms with Gasteiger partial charge in [-0.15, -0.1) is 0 Å². The Balaban J connectivity index is 1.91. The Morgan fingerprint density at radius 2 is 1.88 bits per heavy atom. The van der Waals surface area contributed by atoms with E-state index in [4.69, 9.17) is 9.47 Å². The van der Waals surface area contributed by atoms with Gasteiger partial charge >= 0.3 is 0 Å². The first-order chi connectivity index (χ1) is 8.33. The largest absolute Gasteiger partial charge is 0.382 e. The Bertz CT molecular complexity index is 173. The normalized spacial score (nSPS) is 19.4. The van der Waals surface area contributed by atoms with Gasteiger partial charge in [-0.05, 0) is 32.9 Å². The fourth-order valence-corrected chi connectivity index (χ4v) is 2.22. The van der Waals surface area contributed by atoms with Crippen molar-refractivity contribution in [2.24, 2.45) is 0 Å². The Labute approximate surface area is 106 Å². The highest BCUT2D eigenvalue weighted by atomic mass is 16.5. The van der Waals surface area contributed by atoms with E-state index in [1.165, 1.54) is 32.4 Å². The van der Waals surface area contributed by atoms with Gasteiger partial charge in [-0.1, -0.05) is 6.42 Å². The monoisotopic (exact) mass is 244 g/mol. The van der Waals surface area contributed by atoms with Crippen molar-refractivity contribution in [2.75, 3.05) is 53.1 Å². The summed E-state index contributed by atoms with van der Waals surface area (Å²) < 4.78 is 10.3. The first-order valence-corrected chi connectivity index (χ1v) is 6.85. The second-order valence-corrected chi connectivity index (χ2v) is 4.82. The highest BCUT2D eigenvalue weighted by Crippen LogP contribution is 2.08. The molecule has 1 unspecified atom stereocenters. The Morgan fingerprint density at radius 1 is 1.12 bits per heavy atom. The van der Waals surface area contributed by atoms with Crippen molar-refractivity contribution >= 4 is 0 Å². The summed E-state index contributed by atoms with van der Waals surface area (Å²) in [5, 5.41) is 3.50. The number of ether oxygens (including phenoxy) is 2. The number of hydrogen-bond donors (Lipinski definition) is 1. The van der Waals surface area contributed by atoms with E-state index in [0.717, 1.165) is 19.7 Å². The van der Waals surface area contributed by atoms with Crippen LogP contribution in [0.15, 0.2) is 0 Å². The average Bonchev–Trinajstić information content (AvgIpc) is 2.35. The molecule has 0 aromatic heterocycles. The molecule has 0 radical (unpaired) electrons. The number of methoxy groups -OCH3 is 1. The Kier molecular flexibility index (Phi) is 8.61. The van der Waals surface area contributed by atoms with Crippen molar-refractivity contribution in [3.63, 3.8) is 0 Å². The molecule has 4 heteroatoms. The molecular weight excluding hydrogens is 216 g/mol.